The lowest BCUT2D eigenvalue weighted by atomic mass is 10.2. The molecule has 0 saturated carbocycles. The van der Waals surface area contributed by atoms with Crippen LogP contribution in [0.15, 0.2) is 88.3 Å². The Morgan fingerprint density at radius 1 is 0.889 bits per heavy atom. The van der Waals surface area contributed by atoms with Gasteiger partial charge in [0, 0.05) is 5.39 Å². The first kappa shape index (κ1) is 16.0. The van der Waals surface area contributed by atoms with Crippen molar-refractivity contribution < 1.29 is 4.42 Å². The number of rotatable bonds is 2. The second kappa shape index (κ2) is 6.49. The second-order valence-corrected chi connectivity index (χ2v) is 7.47. The fraction of sp³-hybridized carbons (Fsp3) is 0.0435. The van der Waals surface area contributed by atoms with E-state index in [9.17, 15) is 0 Å². The Hall–Kier alpha value is -3.24. The maximum Gasteiger partial charge on any atom is 0.230 e. The minimum Gasteiger partial charge on any atom is -0.438 e. The number of nitrogens with zero attached hydrogens (tertiary/aromatic N) is 2. The summed E-state index contributed by atoms with van der Waals surface area (Å²) in [5.74, 6) is 0. The molecule has 0 radical (unpaired) electrons. The van der Waals surface area contributed by atoms with Gasteiger partial charge in [-0.25, -0.2) is 9.98 Å². The van der Waals surface area contributed by atoms with Gasteiger partial charge in [-0.2, -0.15) is 0 Å². The fourth-order valence-corrected chi connectivity index (χ4v) is 4.00. The van der Waals surface area contributed by atoms with Gasteiger partial charge in [-0.3, -0.25) is 0 Å². The third kappa shape index (κ3) is 3.04. The van der Waals surface area contributed by atoms with E-state index in [0.29, 0.717) is 5.55 Å². The lowest BCUT2D eigenvalue weighted by molar-refractivity contribution is 0.547. The van der Waals surface area contributed by atoms with E-state index < -0.39 is 0 Å². The van der Waals surface area contributed by atoms with Crippen LogP contribution in [0.1, 0.15) is 5.56 Å². The molecule has 2 heterocycles. The first-order valence-electron chi connectivity index (χ1n) is 8.76. The Bertz CT molecular complexity index is 1300. The van der Waals surface area contributed by atoms with E-state index in [0.717, 1.165) is 37.4 Å². The maximum absolute atomic E-state index is 6.18. The summed E-state index contributed by atoms with van der Waals surface area (Å²) in [6.45, 7) is 2.07. The summed E-state index contributed by atoms with van der Waals surface area (Å²) in [4.78, 5) is 9.58. The van der Waals surface area contributed by atoms with Crippen molar-refractivity contribution in [2.45, 2.75) is 6.92 Å². The highest BCUT2D eigenvalue weighted by Crippen LogP contribution is 2.30. The average Bonchev–Trinajstić information content (AvgIpc) is 3.13. The van der Waals surface area contributed by atoms with Crippen molar-refractivity contribution in [2.75, 3.05) is 0 Å². The number of thiazole rings is 1. The third-order valence-electron chi connectivity index (χ3n) is 4.44. The number of benzene rings is 3. The predicted molar refractivity (Wildman–Crippen MR) is 111 cm³/mol. The number of hydrogen-bond donors (Lipinski definition) is 0. The van der Waals surface area contributed by atoms with Crippen molar-refractivity contribution in [3.8, 4) is 10.6 Å². The summed E-state index contributed by atoms with van der Waals surface area (Å²) in [5.41, 5.74) is 5.37. The Morgan fingerprint density at radius 2 is 1.67 bits per heavy atom. The number of aromatic nitrogens is 1. The van der Waals surface area contributed by atoms with Crippen LogP contribution in [0.2, 0.25) is 0 Å². The highest BCUT2D eigenvalue weighted by atomic mass is 32.1. The summed E-state index contributed by atoms with van der Waals surface area (Å²) >= 11 is 1.65. The van der Waals surface area contributed by atoms with Crippen LogP contribution in [-0.2, 0) is 0 Å². The summed E-state index contributed by atoms with van der Waals surface area (Å²) in [7, 11) is 0. The molecule has 0 unspecified atom stereocenters. The Balaban J connectivity index is 1.79. The first-order chi connectivity index (χ1) is 13.3. The predicted octanol–water partition coefficient (Wildman–Crippen LogP) is 6.25. The van der Waals surface area contributed by atoms with E-state index in [4.69, 9.17) is 14.4 Å². The molecule has 0 spiro atoms. The SMILES string of the molecule is Cc1ccc(N=c2oc3ccccc3cc2-c2nc3ccccc3s2)cc1. The molecular weight excluding hydrogens is 352 g/mol. The van der Waals surface area contributed by atoms with Crippen LogP contribution in [0.25, 0.3) is 31.8 Å². The van der Waals surface area contributed by atoms with E-state index in [-0.39, 0.29) is 0 Å². The van der Waals surface area contributed by atoms with Crippen LogP contribution in [-0.4, -0.2) is 4.98 Å². The maximum atomic E-state index is 6.18. The lowest BCUT2D eigenvalue weighted by Crippen LogP contribution is -2.05. The molecule has 3 aromatic carbocycles. The van der Waals surface area contributed by atoms with Crippen molar-refractivity contribution >= 4 is 38.2 Å². The minimum absolute atomic E-state index is 0.580. The van der Waals surface area contributed by atoms with Crippen molar-refractivity contribution in [1.82, 2.24) is 4.98 Å². The van der Waals surface area contributed by atoms with Gasteiger partial charge in [0.15, 0.2) is 0 Å². The van der Waals surface area contributed by atoms with Gasteiger partial charge in [0.2, 0.25) is 5.55 Å². The number of para-hydroxylation sites is 2. The van der Waals surface area contributed by atoms with E-state index in [1.54, 1.807) is 11.3 Å². The zero-order valence-electron chi connectivity index (χ0n) is 14.7. The van der Waals surface area contributed by atoms with Gasteiger partial charge in [0.25, 0.3) is 0 Å². The molecule has 0 bridgehead atoms. The van der Waals surface area contributed by atoms with Gasteiger partial charge in [-0.05, 0) is 43.3 Å². The van der Waals surface area contributed by atoms with Crippen molar-refractivity contribution in [3.63, 3.8) is 0 Å². The molecule has 0 amide bonds. The van der Waals surface area contributed by atoms with Crippen LogP contribution >= 0.6 is 11.3 Å². The molecule has 0 N–H and O–H groups in total. The highest BCUT2D eigenvalue weighted by Gasteiger charge is 2.12. The molecular formula is C23H16N2OS. The van der Waals surface area contributed by atoms with Gasteiger partial charge >= 0.3 is 0 Å². The molecule has 0 saturated heterocycles. The minimum atomic E-state index is 0.580. The van der Waals surface area contributed by atoms with Gasteiger partial charge in [-0.1, -0.05) is 48.0 Å². The van der Waals surface area contributed by atoms with E-state index in [1.807, 2.05) is 54.6 Å². The zero-order chi connectivity index (χ0) is 18.2. The normalized spacial score (nSPS) is 12.1. The molecule has 0 atom stereocenters. The first-order valence-corrected chi connectivity index (χ1v) is 9.58. The van der Waals surface area contributed by atoms with E-state index in [2.05, 4.69) is 31.2 Å². The van der Waals surface area contributed by atoms with Crippen molar-refractivity contribution in [3.05, 3.63) is 90.0 Å². The van der Waals surface area contributed by atoms with Crippen LogP contribution in [0.3, 0.4) is 0 Å². The lowest BCUT2D eigenvalue weighted by Gasteiger charge is -2.02. The monoisotopic (exact) mass is 368 g/mol. The van der Waals surface area contributed by atoms with Crippen molar-refractivity contribution in [1.29, 1.82) is 0 Å². The quantitative estimate of drug-likeness (QED) is 0.369. The smallest absolute Gasteiger partial charge is 0.230 e. The highest BCUT2D eigenvalue weighted by molar-refractivity contribution is 7.21. The van der Waals surface area contributed by atoms with Crippen LogP contribution in [0, 0.1) is 6.92 Å². The molecule has 0 fully saturated rings. The van der Waals surface area contributed by atoms with E-state index in [1.165, 1.54) is 5.56 Å². The average molecular weight is 368 g/mol. The van der Waals surface area contributed by atoms with Crippen molar-refractivity contribution in [2.24, 2.45) is 4.99 Å². The number of fused-ring (bicyclic) bond motifs is 2. The Kier molecular flexibility index (Phi) is 3.84. The fourth-order valence-electron chi connectivity index (χ4n) is 3.03. The topological polar surface area (TPSA) is 38.4 Å². The van der Waals surface area contributed by atoms with Gasteiger partial charge in [-0.15, -0.1) is 11.3 Å². The summed E-state index contributed by atoms with van der Waals surface area (Å²) in [5, 5.41) is 1.95. The van der Waals surface area contributed by atoms with Gasteiger partial charge in [0.1, 0.15) is 10.6 Å². The molecule has 2 aromatic heterocycles. The molecule has 27 heavy (non-hydrogen) atoms. The van der Waals surface area contributed by atoms with Crippen LogP contribution in [0.4, 0.5) is 5.69 Å². The molecule has 5 rings (SSSR count). The molecule has 130 valence electrons. The molecule has 5 aromatic rings. The standard InChI is InChI=1S/C23H16N2OS/c1-15-10-12-17(13-11-15)24-22-18(14-16-6-2-4-8-20(16)26-22)23-25-19-7-3-5-9-21(19)27-23/h2-14H,1H3. The number of aryl methyl sites for hydroxylation is 1. The molecule has 0 aliphatic heterocycles. The molecule has 0 aliphatic carbocycles. The third-order valence-corrected chi connectivity index (χ3v) is 5.51. The second-order valence-electron chi connectivity index (χ2n) is 6.44. The Labute approximate surface area is 160 Å². The summed E-state index contributed by atoms with van der Waals surface area (Å²) < 4.78 is 7.33. The summed E-state index contributed by atoms with van der Waals surface area (Å²) in [6.07, 6.45) is 0. The van der Waals surface area contributed by atoms with Gasteiger partial charge in [0.05, 0.1) is 21.5 Å². The number of hydrogen-bond acceptors (Lipinski definition) is 4. The van der Waals surface area contributed by atoms with Crippen LogP contribution < -0.4 is 5.55 Å². The molecule has 3 nitrogen and oxygen atoms in total. The van der Waals surface area contributed by atoms with E-state index >= 15 is 0 Å². The van der Waals surface area contributed by atoms with Gasteiger partial charge < -0.3 is 4.42 Å². The van der Waals surface area contributed by atoms with Crippen LogP contribution in [0.5, 0.6) is 0 Å². The molecule has 4 heteroatoms. The molecule has 0 aliphatic rings. The largest absolute Gasteiger partial charge is 0.438 e. The Morgan fingerprint density at radius 3 is 2.52 bits per heavy atom. The summed E-state index contributed by atoms with van der Waals surface area (Å²) in [6, 6.07) is 26.4. The zero-order valence-corrected chi connectivity index (χ0v) is 15.5.